The molecule has 1 aliphatic rings. The van der Waals surface area contributed by atoms with Gasteiger partial charge in [-0.25, -0.2) is 12.8 Å². The average molecular weight is 257 g/mol. The Morgan fingerprint density at radius 1 is 1.29 bits per heavy atom. The molecule has 0 aliphatic carbocycles. The first-order valence-electron chi connectivity index (χ1n) is 5.71. The lowest BCUT2D eigenvalue weighted by molar-refractivity contribution is 0.410. The van der Waals surface area contributed by atoms with Gasteiger partial charge in [-0.1, -0.05) is 6.42 Å². The molecule has 1 aromatic rings. The molecular formula is C12H16FNO2S. The fraction of sp³-hybridized carbons (Fsp3) is 0.500. The van der Waals surface area contributed by atoms with Crippen LogP contribution in [0.1, 0.15) is 30.9 Å². The summed E-state index contributed by atoms with van der Waals surface area (Å²) in [4.78, 5) is 0.0554. The minimum Gasteiger partial charge on any atom is -0.310 e. The van der Waals surface area contributed by atoms with Gasteiger partial charge in [-0.05, 0) is 43.1 Å². The zero-order chi connectivity index (χ0) is 12.5. The second kappa shape index (κ2) is 4.74. The van der Waals surface area contributed by atoms with E-state index in [-0.39, 0.29) is 10.9 Å². The van der Waals surface area contributed by atoms with E-state index in [0.717, 1.165) is 43.7 Å². The van der Waals surface area contributed by atoms with Crippen LogP contribution in [-0.2, 0) is 9.84 Å². The Morgan fingerprint density at radius 3 is 2.65 bits per heavy atom. The third kappa shape index (κ3) is 3.04. The molecule has 0 saturated carbocycles. The second-order valence-electron chi connectivity index (χ2n) is 4.49. The minimum atomic E-state index is -3.35. The van der Waals surface area contributed by atoms with Crippen LogP contribution in [0.15, 0.2) is 23.1 Å². The van der Waals surface area contributed by atoms with Gasteiger partial charge in [0, 0.05) is 12.3 Å². The van der Waals surface area contributed by atoms with Gasteiger partial charge in [0.2, 0.25) is 0 Å². The molecule has 94 valence electrons. The Bertz CT molecular complexity index is 507. The van der Waals surface area contributed by atoms with Crippen LogP contribution >= 0.6 is 0 Å². The van der Waals surface area contributed by atoms with Crippen LogP contribution in [0.4, 0.5) is 4.39 Å². The topological polar surface area (TPSA) is 46.2 Å². The van der Waals surface area contributed by atoms with Crippen LogP contribution < -0.4 is 5.32 Å². The molecule has 2 rings (SSSR count). The maximum absolute atomic E-state index is 13.4. The maximum Gasteiger partial charge on any atom is 0.175 e. The van der Waals surface area contributed by atoms with Crippen molar-refractivity contribution < 1.29 is 12.8 Å². The van der Waals surface area contributed by atoms with Gasteiger partial charge in [0.25, 0.3) is 0 Å². The van der Waals surface area contributed by atoms with Gasteiger partial charge in [-0.2, -0.15) is 0 Å². The van der Waals surface area contributed by atoms with E-state index < -0.39 is 15.7 Å². The zero-order valence-corrected chi connectivity index (χ0v) is 10.6. The average Bonchev–Trinajstić information content (AvgIpc) is 2.28. The van der Waals surface area contributed by atoms with E-state index in [4.69, 9.17) is 0 Å². The molecule has 0 amide bonds. The summed E-state index contributed by atoms with van der Waals surface area (Å²) in [7, 11) is -3.35. The number of sulfone groups is 1. The smallest absolute Gasteiger partial charge is 0.175 e. The molecule has 1 fully saturated rings. The Morgan fingerprint density at radius 2 is 2.06 bits per heavy atom. The molecule has 1 aliphatic heterocycles. The molecule has 5 heteroatoms. The minimum absolute atomic E-state index is 0.0554. The highest BCUT2D eigenvalue weighted by Crippen LogP contribution is 2.25. The molecular weight excluding hydrogens is 241 g/mol. The summed E-state index contributed by atoms with van der Waals surface area (Å²) in [6.07, 6.45) is 4.22. The summed E-state index contributed by atoms with van der Waals surface area (Å²) in [6.45, 7) is 0.898. The standard InChI is InChI=1S/C12H16FNO2S/c1-17(15,16)11-7-9(6-10(13)8-11)12-4-2-3-5-14-12/h6-8,12,14H,2-5H2,1H3. The third-order valence-corrected chi connectivity index (χ3v) is 4.13. The molecule has 3 nitrogen and oxygen atoms in total. The van der Waals surface area contributed by atoms with Gasteiger partial charge in [0.05, 0.1) is 4.90 Å². The third-order valence-electron chi connectivity index (χ3n) is 3.03. The van der Waals surface area contributed by atoms with Crippen LogP contribution in [-0.4, -0.2) is 21.2 Å². The van der Waals surface area contributed by atoms with Gasteiger partial charge >= 0.3 is 0 Å². The monoisotopic (exact) mass is 257 g/mol. The largest absolute Gasteiger partial charge is 0.310 e. The lowest BCUT2D eigenvalue weighted by Crippen LogP contribution is -2.27. The van der Waals surface area contributed by atoms with Crippen molar-refractivity contribution in [1.29, 1.82) is 0 Å². The molecule has 1 N–H and O–H groups in total. The number of piperidine rings is 1. The first-order valence-corrected chi connectivity index (χ1v) is 7.60. The Balaban J connectivity index is 2.37. The molecule has 1 saturated heterocycles. The number of nitrogens with one attached hydrogen (secondary N) is 1. The molecule has 0 bridgehead atoms. The lowest BCUT2D eigenvalue weighted by atomic mass is 9.97. The van der Waals surface area contributed by atoms with Crippen molar-refractivity contribution >= 4 is 9.84 Å². The second-order valence-corrected chi connectivity index (χ2v) is 6.51. The van der Waals surface area contributed by atoms with E-state index in [1.807, 2.05) is 0 Å². The van der Waals surface area contributed by atoms with Crippen LogP contribution in [0.2, 0.25) is 0 Å². The van der Waals surface area contributed by atoms with Crippen molar-refractivity contribution in [3.8, 4) is 0 Å². The van der Waals surface area contributed by atoms with E-state index in [2.05, 4.69) is 5.32 Å². The Labute approximate surface area is 101 Å². The summed E-state index contributed by atoms with van der Waals surface area (Å²) in [6, 6.07) is 4.13. The van der Waals surface area contributed by atoms with Crippen molar-refractivity contribution in [1.82, 2.24) is 5.32 Å². The summed E-state index contributed by atoms with van der Waals surface area (Å²) in [5.41, 5.74) is 0.727. The molecule has 1 atom stereocenters. The van der Waals surface area contributed by atoms with Crippen LogP contribution in [0.5, 0.6) is 0 Å². The number of benzene rings is 1. The summed E-state index contributed by atoms with van der Waals surface area (Å²) in [5.74, 6) is -0.490. The first kappa shape index (κ1) is 12.5. The van der Waals surface area contributed by atoms with E-state index in [0.29, 0.717) is 0 Å². The molecule has 0 aromatic heterocycles. The first-order chi connectivity index (χ1) is 7.97. The fourth-order valence-corrected chi connectivity index (χ4v) is 2.81. The number of halogens is 1. The van der Waals surface area contributed by atoms with Crippen molar-refractivity contribution in [2.45, 2.75) is 30.2 Å². The summed E-state index contributed by atoms with van der Waals surface area (Å²) >= 11 is 0. The highest BCUT2D eigenvalue weighted by molar-refractivity contribution is 7.90. The van der Waals surface area contributed by atoms with Gasteiger partial charge in [-0.15, -0.1) is 0 Å². The summed E-state index contributed by atoms with van der Waals surface area (Å²) < 4.78 is 36.3. The normalized spacial score (nSPS) is 21.4. The predicted molar refractivity (Wildman–Crippen MR) is 64.1 cm³/mol. The van der Waals surface area contributed by atoms with Gasteiger partial charge < -0.3 is 5.32 Å². The van der Waals surface area contributed by atoms with Crippen LogP contribution in [0.3, 0.4) is 0 Å². The SMILES string of the molecule is CS(=O)(=O)c1cc(F)cc(C2CCCCN2)c1. The van der Waals surface area contributed by atoms with Gasteiger partial charge in [0.15, 0.2) is 9.84 Å². The molecule has 1 aromatic carbocycles. The van der Waals surface area contributed by atoms with Gasteiger partial charge in [0.1, 0.15) is 5.82 Å². The fourth-order valence-electron chi connectivity index (χ4n) is 2.14. The van der Waals surface area contributed by atoms with Crippen LogP contribution in [0.25, 0.3) is 0 Å². The summed E-state index contributed by atoms with van der Waals surface area (Å²) in [5, 5.41) is 3.28. The quantitative estimate of drug-likeness (QED) is 0.882. The van der Waals surface area contributed by atoms with Crippen molar-refractivity contribution in [2.24, 2.45) is 0 Å². The Kier molecular flexibility index (Phi) is 3.49. The molecule has 0 spiro atoms. The molecule has 1 unspecified atom stereocenters. The highest BCUT2D eigenvalue weighted by Gasteiger charge is 2.18. The number of hydrogen-bond donors (Lipinski definition) is 1. The zero-order valence-electron chi connectivity index (χ0n) is 9.74. The van der Waals surface area contributed by atoms with Gasteiger partial charge in [-0.3, -0.25) is 0 Å². The van der Waals surface area contributed by atoms with E-state index in [9.17, 15) is 12.8 Å². The highest BCUT2D eigenvalue weighted by atomic mass is 32.2. The lowest BCUT2D eigenvalue weighted by Gasteiger charge is -2.24. The van der Waals surface area contributed by atoms with Crippen molar-refractivity contribution in [3.63, 3.8) is 0 Å². The van der Waals surface area contributed by atoms with E-state index >= 15 is 0 Å². The molecule has 17 heavy (non-hydrogen) atoms. The number of rotatable bonds is 2. The molecule has 1 heterocycles. The van der Waals surface area contributed by atoms with Crippen molar-refractivity contribution in [3.05, 3.63) is 29.6 Å². The van der Waals surface area contributed by atoms with E-state index in [1.54, 1.807) is 6.07 Å². The van der Waals surface area contributed by atoms with E-state index in [1.165, 1.54) is 6.07 Å². The Hall–Kier alpha value is -0.940. The molecule has 0 radical (unpaired) electrons. The number of hydrogen-bond acceptors (Lipinski definition) is 3. The predicted octanol–water partition coefficient (Wildman–Crippen LogP) is 2.04. The maximum atomic E-state index is 13.4. The van der Waals surface area contributed by atoms with Crippen molar-refractivity contribution in [2.75, 3.05) is 12.8 Å². The van der Waals surface area contributed by atoms with Crippen LogP contribution in [0, 0.1) is 5.82 Å².